The van der Waals surface area contributed by atoms with Crippen LogP contribution in [0.3, 0.4) is 0 Å². The van der Waals surface area contributed by atoms with Gasteiger partial charge in [0.15, 0.2) is 12.1 Å². The first kappa shape index (κ1) is 17.2. The number of hydrogen-bond acceptors (Lipinski definition) is 7. The minimum Gasteiger partial charge on any atom is -0.383 e. The minimum absolute atomic E-state index is 0.281. The van der Waals surface area contributed by atoms with E-state index in [1.165, 1.54) is 0 Å². The first-order valence-corrected chi connectivity index (χ1v) is 7.82. The molecule has 0 spiro atoms. The molecule has 0 aliphatic carbocycles. The monoisotopic (exact) mass is 339 g/mol. The molecule has 2 aliphatic heterocycles. The van der Waals surface area contributed by atoms with Gasteiger partial charge in [0.1, 0.15) is 24.4 Å². The molecule has 0 aromatic heterocycles. The number of hydrogen-bond donors (Lipinski definition) is 1. The van der Waals surface area contributed by atoms with E-state index in [0.717, 1.165) is 5.56 Å². The molecular formula is C16H21NO7. The van der Waals surface area contributed by atoms with E-state index in [-0.39, 0.29) is 6.61 Å². The molecule has 0 unspecified atom stereocenters. The van der Waals surface area contributed by atoms with Crippen molar-refractivity contribution in [3.05, 3.63) is 46.0 Å². The normalized spacial score (nSPS) is 32.5. The fraction of sp³-hybridized carbons (Fsp3) is 0.625. The molecule has 1 aromatic carbocycles. The second kappa shape index (κ2) is 6.73. The van der Waals surface area contributed by atoms with Gasteiger partial charge in [0, 0.05) is 4.92 Å². The summed E-state index contributed by atoms with van der Waals surface area (Å²) in [5, 5.41) is 20.8. The fourth-order valence-electron chi connectivity index (χ4n) is 3.03. The van der Waals surface area contributed by atoms with Gasteiger partial charge in [0.2, 0.25) is 6.54 Å². The fourth-order valence-corrected chi connectivity index (χ4v) is 3.03. The van der Waals surface area contributed by atoms with Crippen LogP contribution in [0.25, 0.3) is 0 Å². The minimum atomic E-state index is -1.30. The Morgan fingerprint density at radius 1 is 1.33 bits per heavy atom. The second-order valence-electron chi connectivity index (χ2n) is 6.41. The first-order chi connectivity index (χ1) is 11.4. The molecule has 8 heteroatoms. The molecule has 0 amide bonds. The molecule has 2 fully saturated rings. The third-order valence-corrected chi connectivity index (χ3v) is 4.03. The predicted octanol–water partition coefficient (Wildman–Crippen LogP) is 1.09. The molecule has 2 saturated heterocycles. The van der Waals surface area contributed by atoms with Crippen LogP contribution < -0.4 is 0 Å². The van der Waals surface area contributed by atoms with Crippen molar-refractivity contribution in [1.82, 2.24) is 0 Å². The first-order valence-electron chi connectivity index (χ1n) is 7.82. The maximum Gasteiger partial charge on any atom is 0.232 e. The number of fused-ring (bicyclic) bond motifs is 1. The van der Waals surface area contributed by atoms with E-state index in [1.807, 2.05) is 30.3 Å². The number of nitro groups is 1. The maximum atomic E-state index is 10.7. The van der Waals surface area contributed by atoms with Gasteiger partial charge in [-0.1, -0.05) is 30.3 Å². The SMILES string of the molecule is CC1(C)O[C@H]2O[C@H]([C@H](O)C[N+](=O)[O-])[C@H](OCc3ccccc3)[C@H]2O1. The Hall–Kier alpha value is -1.58. The van der Waals surface area contributed by atoms with Crippen molar-refractivity contribution in [3.8, 4) is 0 Å². The van der Waals surface area contributed by atoms with Crippen molar-refractivity contribution >= 4 is 0 Å². The summed E-state index contributed by atoms with van der Waals surface area (Å²) in [6.45, 7) is 3.17. The second-order valence-corrected chi connectivity index (χ2v) is 6.41. The van der Waals surface area contributed by atoms with Crippen molar-refractivity contribution in [1.29, 1.82) is 0 Å². The van der Waals surface area contributed by atoms with Crippen LogP contribution in [0, 0.1) is 10.1 Å². The lowest BCUT2D eigenvalue weighted by Crippen LogP contribution is -2.45. The molecule has 0 saturated carbocycles. The van der Waals surface area contributed by atoms with Crippen LogP contribution >= 0.6 is 0 Å². The number of nitrogens with zero attached hydrogens (tertiary/aromatic N) is 1. The molecule has 5 atom stereocenters. The Labute approximate surface area is 139 Å². The summed E-state index contributed by atoms with van der Waals surface area (Å²) in [5.41, 5.74) is 0.946. The summed E-state index contributed by atoms with van der Waals surface area (Å²) in [6.07, 6.45) is -4.11. The number of ether oxygens (including phenoxy) is 4. The number of aliphatic hydroxyl groups is 1. The quantitative estimate of drug-likeness (QED) is 0.611. The molecule has 0 radical (unpaired) electrons. The smallest absolute Gasteiger partial charge is 0.232 e. The van der Waals surface area contributed by atoms with Crippen LogP contribution in [0.15, 0.2) is 30.3 Å². The van der Waals surface area contributed by atoms with Gasteiger partial charge in [0.25, 0.3) is 0 Å². The summed E-state index contributed by atoms with van der Waals surface area (Å²) >= 11 is 0. The third-order valence-electron chi connectivity index (χ3n) is 4.03. The molecule has 132 valence electrons. The molecule has 3 rings (SSSR count). The topological polar surface area (TPSA) is 100 Å². The van der Waals surface area contributed by atoms with Gasteiger partial charge < -0.3 is 24.1 Å². The van der Waals surface area contributed by atoms with Gasteiger partial charge in [-0.25, -0.2) is 0 Å². The van der Waals surface area contributed by atoms with Crippen LogP contribution in [0.2, 0.25) is 0 Å². The highest BCUT2D eigenvalue weighted by molar-refractivity contribution is 5.13. The predicted molar refractivity (Wildman–Crippen MR) is 81.6 cm³/mol. The van der Waals surface area contributed by atoms with E-state index in [0.29, 0.717) is 0 Å². The molecule has 1 aromatic rings. The van der Waals surface area contributed by atoms with E-state index in [9.17, 15) is 15.2 Å². The van der Waals surface area contributed by atoms with Gasteiger partial charge in [-0.15, -0.1) is 0 Å². The van der Waals surface area contributed by atoms with E-state index in [2.05, 4.69) is 0 Å². The summed E-state index contributed by atoms with van der Waals surface area (Å²) < 4.78 is 23.0. The van der Waals surface area contributed by atoms with Crippen LogP contribution in [0.5, 0.6) is 0 Å². The maximum absolute atomic E-state index is 10.7. The van der Waals surface area contributed by atoms with Crippen molar-refractivity contribution in [2.24, 2.45) is 0 Å². The van der Waals surface area contributed by atoms with Crippen molar-refractivity contribution in [2.75, 3.05) is 6.54 Å². The van der Waals surface area contributed by atoms with E-state index >= 15 is 0 Å². The zero-order valence-corrected chi connectivity index (χ0v) is 13.5. The highest BCUT2D eigenvalue weighted by Gasteiger charge is 2.57. The lowest BCUT2D eigenvalue weighted by atomic mass is 10.1. The molecule has 24 heavy (non-hydrogen) atoms. The van der Waals surface area contributed by atoms with Gasteiger partial charge >= 0.3 is 0 Å². The average molecular weight is 339 g/mol. The molecule has 2 aliphatic rings. The average Bonchev–Trinajstić information content (AvgIpc) is 2.97. The number of aliphatic hydroxyl groups excluding tert-OH is 1. The number of rotatable bonds is 6. The van der Waals surface area contributed by atoms with Crippen LogP contribution in [-0.2, 0) is 25.6 Å². The lowest BCUT2D eigenvalue weighted by molar-refractivity contribution is -0.494. The Bertz CT molecular complexity index is 579. The summed E-state index contributed by atoms with van der Waals surface area (Å²) in [6, 6.07) is 9.50. The molecular weight excluding hydrogens is 318 g/mol. The molecule has 1 N–H and O–H groups in total. The van der Waals surface area contributed by atoms with Crippen LogP contribution in [0.4, 0.5) is 0 Å². The zero-order chi connectivity index (χ0) is 17.3. The van der Waals surface area contributed by atoms with E-state index in [4.69, 9.17) is 18.9 Å². The van der Waals surface area contributed by atoms with Gasteiger partial charge in [-0.3, -0.25) is 10.1 Å². The third kappa shape index (κ3) is 3.73. The highest BCUT2D eigenvalue weighted by Crippen LogP contribution is 2.39. The Morgan fingerprint density at radius 3 is 2.71 bits per heavy atom. The van der Waals surface area contributed by atoms with Crippen molar-refractivity contribution in [3.63, 3.8) is 0 Å². The van der Waals surface area contributed by atoms with Crippen LogP contribution in [-0.4, -0.2) is 53.1 Å². The highest BCUT2D eigenvalue weighted by atomic mass is 16.8. The standard InChI is InChI=1S/C16H21NO7/c1-16(2)23-14-13(21-9-10-6-4-3-5-7-10)12(22-15(14)24-16)11(18)8-17(19)20/h3-7,11-15,18H,8-9H2,1-2H3/t11-,12-,13+,14-,15-/m1/s1. The van der Waals surface area contributed by atoms with Gasteiger partial charge in [-0.05, 0) is 19.4 Å². The van der Waals surface area contributed by atoms with Crippen molar-refractivity contribution in [2.45, 2.75) is 56.9 Å². The molecule has 0 bridgehead atoms. The van der Waals surface area contributed by atoms with E-state index < -0.39 is 48.0 Å². The molecule has 8 nitrogen and oxygen atoms in total. The summed E-state index contributed by atoms with van der Waals surface area (Å²) in [7, 11) is 0. The van der Waals surface area contributed by atoms with Gasteiger partial charge in [-0.2, -0.15) is 0 Å². The van der Waals surface area contributed by atoms with E-state index in [1.54, 1.807) is 13.8 Å². The Balaban J connectivity index is 1.72. The zero-order valence-electron chi connectivity index (χ0n) is 13.5. The van der Waals surface area contributed by atoms with Gasteiger partial charge in [0.05, 0.1) is 6.61 Å². The van der Waals surface area contributed by atoms with Crippen LogP contribution in [0.1, 0.15) is 19.4 Å². The Kier molecular flexibility index (Phi) is 4.84. The number of benzene rings is 1. The van der Waals surface area contributed by atoms with Crippen molar-refractivity contribution < 1.29 is 29.0 Å². The summed E-state index contributed by atoms with van der Waals surface area (Å²) in [4.78, 5) is 10.1. The molecule has 2 heterocycles. The Morgan fingerprint density at radius 2 is 2.04 bits per heavy atom. The largest absolute Gasteiger partial charge is 0.383 e. The summed E-state index contributed by atoms with van der Waals surface area (Å²) in [5.74, 6) is -0.831. The lowest BCUT2D eigenvalue weighted by Gasteiger charge is -2.27.